The number of rotatable bonds is 3. The lowest BCUT2D eigenvalue weighted by atomic mass is 9.74. The summed E-state index contributed by atoms with van der Waals surface area (Å²) in [5, 5.41) is 10.7. The molecule has 21 heavy (non-hydrogen) atoms. The molecular formula is C16H20O5. The molecule has 1 N–H and O–H groups in total. The van der Waals surface area contributed by atoms with Gasteiger partial charge in [-0.25, -0.2) is 4.89 Å². The van der Waals surface area contributed by atoms with Gasteiger partial charge in [0.25, 0.3) is 0 Å². The summed E-state index contributed by atoms with van der Waals surface area (Å²) in [4.78, 5) is 23.1. The summed E-state index contributed by atoms with van der Waals surface area (Å²) in [6.07, 6.45) is 1.63. The van der Waals surface area contributed by atoms with Crippen molar-refractivity contribution < 1.29 is 24.4 Å². The van der Waals surface area contributed by atoms with E-state index in [0.717, 1.165) is 5.56 Å². The lowest BCUT2D eigenvalue weighted by Gasteiger charge is -2.44. The first-order valence-corrected chi connectivity index (χ1v) is 7.40. The summed E-state index contributed by atoms with van der Waals surface area (Å²) in [7, 11) is 0. The van der Waals surface area contributed by atoms with Crippen LogP contribution in [0.3, 0.4) is 0 Å². The number of aliphatic hydroxyl groups is 1. The second-order valence-electron chi connectivity index (χ2n) is 5.72. The van der Waals surface area contributed by atoms with Gasteiger partial charge in [0.15, 0.2) is 0 Å². The minimum Gasteiger partial charge on any atom is -0.465 e. The number of esters is 1. The molecule has 1 aliphatic carbocycles. The van der Waals surface area contributed by atoms with E-state index in [0.29, 0.717) is 25.7 Å². The number of hydrogen-bond donors (Lipinski definition) is 1. The third-order valence-corrected chi connectivity index (χ3v) is 4.54. The zero-order chi connectivity index (χ0) is 14.9. The molecule has 1 aromatic rings. The van der Waals surface area contributed by atoms with Crippen LogP contribution in [-0.2, 0) is 19.3 Å². The molecule has 5 heteroatoms. The van der Waals surface area contributed by atoms with Gasteiger partial charge in [-0.3, -0.25) is 4.79 Å². The summed E-state index contributed by atoms with van der Waals surface area (Å²) in [6, 6.07) is 9.58. The standard InChI is InChI=1S/C16H20O5/c1-2-19-14(17)15-9-6-10-16(15,18)21-20-13(11-15)12-7-4-3-5-8-12/h3-5,7-8,13,18H,2,6,9-11H2,1H3. The zero-order valence-electron chi connectivity index (χ0n) is 12.1. The SMILES string of the molecule is CCOC(=O)C12CCCC1(O)OOC(c1ccccc1)C2. The summed E-state index contributed by atoms with van der Waals surface area (Å²) >= 11 is 0. The molecule has 1 saturated carbocycles. The van der Waals surface area contributed by atoms with Gasteiger partial charge in [-0.05, 0) is 25.3 Å². The predicted octanol–water partition coefficient (Wildman–Crippen LogP) is 2.50. The van der Waals surface area contributed by atoms with Crippen molar-refractivity contribution in [2.45, 2.75) is 44.5 Å². The van der Waals surface area contributed by atoms with Crippen LogP contribution in [0.2, 0.25) is 0 Å². The van der Waals surface area contributed by atoms with E-state index in [1.54, 1.807) is 6.92 Å². The van der Waals surface area contributed by atoms with Gasteiger partial charge in [0, 0.05) is 12.8 Å². The molecule has 5 nitrogen and oxygen atoms in total. The van der Waals surface area contributed by atoms with E-state index >= 15 is 0 Å². The molecule has 1 heterocycles. The average Bonchev–Trinajstić information content (AvgIpc) is 2.86. The van der Waals surface area contributed by atoms with Crippen LogP contribution in [0, 0.1) is 5.41 Å². The highest BCUT2D eigenvalue weighted by Crippen LogP contribution is 2.56. The Morgan fingerprint density at radius 1 is 1.38 bits per heavy atom. The minimum atomic E-state index is -1.58. The Morgan fingerprint density at radius 2 is 2.14 bits per heavy atom. The van der Waals surface area contributed by atoms with Crippen LogP contribution in [0.15, 0.2) is 30.3 Å². The summed E-state index contributed by atoms with van der Waals surface area (Å²) in [6.45, 7) is 2.05. The van der Waals surface area contributed by atoms with Gasteiger partial charge in [0.05, 0.1) is 6.61 Å². The molecule has 2 aliphatic rings. The monoisotopic (exact) mass is 292 g/mol. The van der Waals surface area contributed by atoms with Crippen molar-refractivity contribution in [3.63, 3.8) is 0 Å². The van der Waals surface area contributed by atoms with Gasteiger partial charge in [-0.1, -0.05) is 30.3 Å². The van der Waals surface area contributed by atoms with Crippen molar-refractivity contribution >= 4 is 5.97 Å². The molecule has 0 radical (unpaired) electrons. The van der Waals surface area contributed by atoms with Gasteiger partial charge < -0.3 is 9.84 Å². The van der Waals surface area contributed by atoms with Gasteiger partial charge >= 0.3 is 5.97 Å². The summed E-state index contributed by atoms with van der Waals surface area (Å²) < 4.78 is 5.20. The Kier molecular flexibility index (Phi) is 3.73. The van der Waals surface area contributed by atoms with Crippen molar-refractivity contribution in [1.29, 1.82) is 0 Å². The van der Waals surface area contributed by atoms with Gasteiger partial charge in [-0.2, -0.15) is 4.89 Å². The Labute approximate surface area is 123 Å². The number of carbonyl (C=O) groups is 1. The van der Waals surface area contributed by atoms with Gasteiger partial charge in [0.2, 0.25) is 5.79 Å². The molecule has 2 fully saturated rings. The van der Waals surface area contributed by atoms with E-state index in [4.69, 9.17) is 14.5 Å². The Morgan fingerprint density at radius 3 is 2.86 bits per heavy atom. The van der Waals surface area contributed by atoms with Crippen LogP contribution in [-0.4, -0.2) is 23.5 Å². The van der Waals surface area contributed by atoms with E-state index in [2.05, 4.69) is 0 Å². The van der Waals surface area contributed by atoms with E-state index in [1.165, 1.54) is 0 Å². The molecule has 1 saturated heterocycles. The minimum absolute atomic E-state index is 0.285. The number of ether oxygens (including phenoxy) is 1. The summed E-state index contributed by atoms with van der Waals surface area (Å²) in [5.74, 6) is -1.97. The Hall–Kier alpha value is -1.43. The average molecular weight is 292 g/mol. The van der Waals surface area contributed by atoms with Crippen LogP contribution >= 0.6 is 0 Å². The predicted molar refractivity (Wildman–Crippen MR) is 73.8 cm³/mol. The highest BCUT2D eigenvalue weighted by molar-refractivity contribution is 5.79. The molecule has 3 rings (SSSR count). The summed E-state index contributed by atoms with van der Waals surface area (Å²) in [5.41, 5.74) is -0.114. The zero-order valence-corrected chi connectivity index (χ0v) is 12.1. The molecule has 1 aromatic carbocycles. The van der Waals surface area contributed by atoms with Crippen LogP contribution in [0.5, 0.6) is 0 Å². The molecule has 0 amide bonds. The molecule has 0 aromatic heterocycles. The fraction of sp³-hybridized carbons (Fsp3) is 0.562. The third-order valence-electron chi connectivity index (χ3n) is 4.54. The maximum atomic E-state index is 12.5. The Bertz CT molecular complexity index is 517. The molecule has 114 valence electrons. The van der Waals surface area contributed by atoms with Gasteiger partial charge in [0.1, 0.15) is 11.5 Å². The second kappa shape index (κ2) is 5.40. The highest BCUT2D eigenvalue weighted by Gasteiger charge is 2.65. The first kappa shape index (κ1) is 14.5. The normalized spacial score (nSPS) is 35.2. The maximum absolute atomic E-state index is 12.5. The third kappa shape index (κ3) is 2.25. The van der Waals surface area contributed by atoms with E-state index < -0.39 is 17.2 Å². The largest absolute Gasteiger partial charge is 0.465 e. The number of carbonyl (C=O) groups excluding carboxylic acids is 1. The van der Waals surface area contributed by atoms with Crippen LogP contribution in [0.25, 0.3) is 0 Å². The van der Waals surface area contributed by atoms with Crippen molar-refractivity contribution in [1.82, 2.24) is 0 Å². The molecule has 0 spiro atoms. The highest BCUT2D eigenvalue weighted by atomic mass is 17.2. The van der Waals surface area contributed by atoms with Crippen molar-refractivity contribution in [2.75, 3.05) is 6.61 Å². The topological polar surface area (TPSA) is 65.0 Å². The number of benzene rings is 1. The van der Waals surface area contributed by atoms with E-state index in [-0.39, 0.29) is 12.7 Å². The first-order chi connectivity index (χ1) is 10.1. The lowest BCUT2D eigenvalue weighted by molar-refractivity contribution is -0.486. The molecule has 0 bridgehead atoms. The van der Waals surface area contributed by atoms with E-state index in [1.807, 2.05) is 30.3 Å². The molecule has 3 unspecified atom stereocenters. The van der Waals surface area contributed by atoms with Crippen molar-refractivity contribution in [3.8, 4) is 0 Å². The quantitative estimate of drug-likeness (QED) is 0.685. The van der Waals surface area contributed by atoms with Crippen molar-refractivity contribution in [3.05, 3.63) is 35.9 Å². The fourth-order valence-corrected chi connectivity index (χ4v) is 3.39. The van der Waals surface area contributed by atoms with E-state index in [9.17, 15) is 9.90 Å². The van der Waals surface area contributed by atoms with Crippen LogP contribution < -0.4 is 0 Å². The molecule has 3 atom stereocenters. The molecule has 1 aliphatic heterocycles. The van der Waals surface area contributed by atoms with Crippen LogP contribution in [0.4, 0.5) is 0 Å². The smallest absolute Gasteiger partial charge is 0.317 e. The number of fused-ring (bicyclic) bond motifs is 1. The first-order valence-electron chi connectivity index (χ1n) is 7.40. The van der Waals surface area contributed by atoms with Crippen LogP contribution in [0.1, 0.15) is 44.3 Å². The number of hydrogen-bond acceptors (Lipinski definition) is 5. The lowest BCUT2D eigenvalue weighted by Crippen LogP contribution is -2.55. The second-order valence-corrected chi connectivity index (χ2v) is 5.72. The van der Waals surface area contributed by atoms with Gasteiger partial charge in [-0.15, -0.1) is 0 Å². The maximum Gasteiger partial charge on any atom is 0.317 e. The fourth-order valence-electron chi connectivity index (χ4n) is 3.39. The molecular weight excluding hydrogens is 272 g/mol. The van der Waals surface area contributed by atoms with Crippen molar-refractivity contribution in [2.24, 2.45) is 5.41 Å². The Balaban J connectivity index is 1.91.